The van der Waals surface area contributed by atoms with E-state index in [1.165, 1.54) is 17.6 Å². The lowest BCUT2D eigenvalue weighted by Gasteiger charge is -2.14. The van der Waals surface area contributed by atoms with Crippen LogP contribution in [0.2, 0.25) is 0 Å². The lowest BCUT2D eigenvalue weighted by Crippen LogP contribution is -1.97. The molecule has 0 radical (unpaired) electrons. The summed E-state index contributed by atoms with van der Waals surface area (Å²) in [7, 11) is 0. The Morgan fingerprint density at radius 2 is 1.50 bits per heavy atom. The maximum Gasteiger partial charge on any atom is 0.0950 e. The molecule has 0 saturated heterocycles. The largest absolute Gasteiger partial charge is 0.193 e. The zero-order chi connectivity index (χ0) is 13.8. The van der Waals surface area contributed by atoms with E-state index in [0.717, 1.165) is 50.5 Å². The van der Waals surface area contributed by atoms with Crippen molar-refractivity contribution in [3.63, 3.8) is 0 Å². The van der Waals surface area contributed by atoms with E-state index in [2.05, 4.69) is 39.8 Å². The summed E-state index contributed by atoms with van der Waals surface area (Å²) in [5.74, 6) is 0. The van der Waals surface area contributed by atoms with Crippen LogP contribution in [0.25, 0.3) is 0 Å². The van der Waals surface area contributed by atoms with Crippen molar-refractivity contribution in [3.05, 3.63) is 22.8 Å². The Morgan fingerprint density at radius 1 is 0.889 bits per heavy atom. The molecule has 0 aliphatic carbocycles. The number of rotatable bonds is 9. The Bertz CT molecular complexity index is 315. The molecule has 0 amide bonds. The van der Waals surface area contributed by atoms with E-state index < -0.39 is 0 Å². The molecular weight excluding hydrogens is 218 g/mol. The van der Waals surface area contributed by atoms with Crippen LogP contribution in [0.15, 0.2) is 22.8 Å². The third kappa shape index (κ3) is 6.05. The van der Waals surface area contributed by atoms with Crippen molar-refractivity contribution in [3.8, 4) is 6.07 Å². The highest BCUT2D eigenvalue weighted by molar-refractivity contribution is 5.41. The van der Waals surface area contributed by atoms with Crippen LogP contribution in [-0.4, -0.2) is 0 Å². The predicted octanol–water partition coefficient (Wildman–Crippen LogP) is 5.93. The SMILES string of the molecule is CCC/C=C(CCC)/C(CCC)=C(\C#N)CCC. The van der Waals surface area contributed by atoms with E-state index in [0.29, 0.717) is 0 Å². The minimum atomic E-state index is 0.930. The summed E-state index contributed by atoms with van der Waals surface area (Å²) >= 11 is 0. The van der Waals surface area contributed by atoms with Gasteiger partial charge in [-0.05, 0) is 36.8 Å². The second kappa shape index (κ2) is 11.1. The molecule has 0 aromatic carbocycles. The first-order valence-electron chi connectivity index (χ1n) is 7.56. The minimum Gasteiger partial charge on any atom is -0.193 e. The summed E-state index contributed by atoms with van der Waals surface area (Å²) < 4.78 is 0. The lowest BCUT2D eigenvalue weighted by molar-refractivity contribution is 0.814. The van der Waals surface area contributed by atoms with Crippen LogP contribution in [0.3, 0.4) is 0 Å². The summed E-state index contributed by atoms with van der Waals surface area (Å²) in [4.78, 5) is 0. The van der Waals surface area contributed by atoms with E-state index in [-0.39, 0.29) is 0 Å². The van der Waals surface area contributed by atoms with Crippen LogP contribution >= 0.6 is 0 Å². The average molecular weight is 247 g/mol. The standard InChI is InChI=1S/C17H29N/c1-5-9-13-15(10-6-2)17(12-8-4)16(14-18)11-7-3/h13H,5-12H2,1-4H3/b15-13+,17-16-. The molecule has 0 bridgehead atoms. The Labute approximate surface area is 114 Å². The molecule has 102 valence electrons. The highest BCUT2D eigenvalue weighted by Gasteiger charge is 2.10. The second-order valence-electron chi connectivity index (χ2n) is 4.84. The van der Waals surface area contributed by atoms with Gasteiger partial charge in [-0.25, -0.2) is 0 Å². The third-order valence-corrected chi connectivity index (χ3v) is 3.09. The Morgan fingerprint density at radius 3 is 1.94 bits per heavy atom. The van der Waals surface area contributed by atoms with E-state index in [1.54, 1.807) is 0 Å². The van der Waals surface area contributed by atoms with Gasteiger partial charge in [0, 0.05) is 5.57 Å². The topological polar surface area (TPSA) is 23.8 Å². The molecule has 0 unspecified atom stereocenters. The molecule has 0 aromatic rings. The normalized spacial score (nSPS) is 13.2. The smallest absolute Gasteiger partial charge is 0.0950 e. The lowest BCUT2D eigenvalue weighted by atomic mass is 9.90. The molecule has 0 aromatic heterocycles. The van der Waals surface area contributed by atoms with Crippen molar-refractivity contribution in [1.29, 1.82) is 5.26 Å². The molecule has 0 aliphatic rings. The van der Waals surface area contributed by atoms with Crippen LogP contribution < -0.4 is 0 Å². The van der Waals surface area contributed by atoms with Crippen molar-refractivity contribution in [2.24, 2.45) is 0 Å². The maximum absolute atomic E-state index is 9.36. The summed E-state index contributed by atoms with van der Waals surface area (Å²) in [6.07, 6.45) is 11.1. The zero-order valence-corrected chi connectivity index (χ0v) is 12.7. The van der Waals surface area contributed by atoms with Gasteiger partial charge in [-0.1, -0.05) is 59.5 Å². The molecule has 0 atom stereocenters. The fourth-order valence-electron chi connectivity index (χ4n) is 2.24. The minimum absolute atomic E-state index is 0.930. The van der Waals surface area contributed by atoms with E-state index in [1.807, 2.05) is 0 Å². The summed E-state index contributed by atoms with van der Waals surface area (Å²) in [6.45, 7) is 8.77. The zero-order valence-electron chi connectivity index (χ0n) is 12.7. The third-order valence-electron chi connectivity index (χ3n) is 3.09. The number of unbranched alkanes of at least 4 members (excludes halogenated alkanes) is 1. The second-order valence-corrected chi connectivity index (χ2v) is 4.84. The molecular formula is C17H29N. The first-order chi connectivity index (χ1) is 8.74. The first-order valence-corrected chi connectivity index (χ1v) is 7.56. The average Bonchev–Trinajstić information content (AvgIpc) is 2.39. The Balaban J connectivity index is 5.30. The van der Waals surface area contributed by atoms with Gasteiger partial charge in [0.25, 0.3) is 0 Å². The predicted molar refractivity (Wildman–Crippen MR) is 80.4 cm³/mol. The van der Waals surface area contributed by atoms with Crippen LogP contribution in [0.5, 0.6) is 0 Å². The molecule has 0 fully saturated rings. The summed E-state index contributed by atoms with van der Waals surface area (Å²) in [5, 5.41) is 9.36. The van der Waals surface area contributed by atoms with Crippen molar-refractivity contribution >= 4 is 0 Å². The van der Waals surface area contributed by atoms with Crippen LogP contribution in [0, 0.1) is 11.3 Å². The van der Waals surface area contributed by atoms with Gasteiger partial charge in [-0.3, -0.25) is 0 Å². The van der Waals surface area contributed by atoms with E-state index in [4.69, 9.17) is 0 Å². The monoisotopic (exact) mass is 247 g/mol. The van der Waals surface area contributed by atoms with Gasteiger partial charge in [0.2, 0.25) is 0 Å². The number of hydrogen-bond acceptors (Lipinski definition) is 1. The number of nitrogens with zero attached hydrogens (tertiary/aromatic N) is 1. The summed E-state index contributed by atoms with van der Waals surface area (Å²) in [6, 6.07) is 2.44. The van der Waals surface area contributed by atoms with Gasteiger partial charge in [-0.15, -0.1) is 0 Å². The van der Waals surface area contributed by atoms with E-state index in [9.17, 15) is 5.26 Å². The molecule has 1 heteroatoms. The highest BCUT2D eigenvalue weighted by atomic mass is 14.3. The first kappa shape index (κ1) is 17.0. The molecule has 0 rings (SSSR count). The van der Waals surface area contributed by atoms with Crippen LogP contribution in [-0.2, 0) is 0 Å². The van der Waals surface area contributed by atoms with Gasteiger partial charge in [0.15, 0.2) is 0 Å². The molecule has 18 heavy (non-hydrogen) atoms. The Kier molecular flexibility index (Phi) is 10.4. The number of hydrogen-bond donors (Lipinski definition) is 0. The van der Waals surface area contributed by atoms with Crippen molar-refractivity contribution < 1.29 is 0 Å². The van der Waals surface area contributed by atoms with Gasteiger partial charge < -0.3 is 0 Å². The van der Waals surface area contributed by atoms with Gasteiger partial charge in [0.05, 0.1) is 6.07 Å². The highest BCUT2D eigenvalue weighted by Crippen LogP contribution is 2.27. The number of allylic oxidation sites excluding steroid dienone is 4. The van der Waals surface area contributed by atoms with Crippen molar-refractivity contribution in [1.82, 2.24) is 0 Å². The molecule has 0 N–H and O–H groups in total. The Hall–Kier alpha value is -1.03. The van der Waals surface area contributed by atoms with E-state index >= 15 is 0 Å². The molecule has 0 spiro atoms. The molecule has 1 nitrogen and oxygen atoms in total. The van der Waals surface area contributed by atoms with Crippen LogP contribution in [0.1, 0.15) is 79.1 Å². The molecule has 0 saturated carbocycles. The molecule has 0 aliphatic heterocycles. The fraction of sp³-hybridized carbons (Fsp3) is 0.706. The fourth-order valence-corrected chi connectivity index (χ4v) is 2.24. The number of nitriles is 1. The maximum atomic E-state index is 9.36. The van der Waals surface area contributed by atoms with Gasteiger partial charge >= 0.3 is 0 Å². The van der Waals surface area contributed by atoms with Crippen LogP contribution in [0.4, 0.5) is 0 Å². The quantitative estimate of drug-likeness (QED) is 0.366. The summed E-state index contributed by atoms with van der Waals surface area (Å²) in [5.41, 5.74) is 3.80. The van der Waals surface area contributed by atoms with Crippen molar-refractivity contribution in [2.45, 2.75) is 79.1 Å². The molecule has 0 heterocycles. The van der Waals surface area contributed by atoms with Gasteiger partial charge in [0.1, 0.15) is 0 Å². The van der Waals surface area contributed by atoms with Crippen molar-refractivity contribution in [2.75, 3.05) is 0 Å². The van der Waals surface area contributed by atoms with Gasteiger partial charge in [-0.2, -0.15) is 5.26 Å².